The molecular formula is C11H16N2. The Morgan fingerprint density at radius 1 is 1.69 bits per heavy atom. The van der Waals surface area contributed by atoms with E-state index in [9.17, 15) is 0 Å². The molecule has 1 saturated carbocycles. The van der Waals surface area contributed by atoms with Gasteiger partial charge in [0.2, 0.25) is 0 Å². The fourth-order valence-electron chi connectivity index (χ4n) is 2.05. The highest BCUT2D eigenvalue weighted by Gasteiger charge is 2.51. The zero-order chi connectivity index (χ0) is 9.31. The molecule has 1 aromatic heterocycles. The molecule has 0 saturated heterocycles. The maximum absolute atomic E-state index is 6.26. The monoisotopic (exact) mass is 176 g/mol. The van der Waals surface area contributed by atoms with Crippen LogP contribution in [0.15, 0.2) is 24.5 Å². The summed E-state index contributed by atoms with van der Waals surface area (Å²) in [6.45, 7) is 2.21. The Bertz CT molecular complexity index is 283. The van der Waals surface area contributed by atoms with Crippen LogP contribution in [0, 0.1) is 5.92 Å². The molecule has 2 N–H and O–H groups in total. The van der Waals surface area contributed by atoms with E-state index in [1.54, 1.807) is 6.20 Å². The number of pyridine rings is 1. The van der Waals surface area contributed by atoms with Gasteiger partial charge < -0.3 is 5.73 Å². The topological polar surface area (TPSA) is 38.9 Å². The van der Waals surface area contributed by atoms with Crippen LogP contribution in [0.4, 0.5) is 0 Å². The third-order valence-corrected chi connectivity index (χ3v) is 2.99. The highest BCUT2D eigenvalue weighted by atomic mass is 14.9. The van der Waals surface area contributed by atoms with Gasteiger partial charge in [-0.15, -0.1) is 0 Å². The van der Waals surface area contributed by atoms with Crippen molar-refractivity contribution in [3.05, 3.63) is 30.1 Å². The van der Waals surface area contributed by atoms with E-state index < -0.39 is 0 Å². The van der Waals surface area contributed by atoms with E-state index in [0.717, 1.165) is 6.42 Å². The SMILES string of the molecule is CCCC1CC1(N)c1cccnc1. The maximum Gasteiger partial charge on any atom is 0.0457 e. The first kappa shape index (κ1) is 8.70. The summed E-state index contributed by atoms with van der Waals surface area (Å²) in [4.78, 5) is 4.11. The lowest BCUT2D eigenvalue weighted by atomic mass is 10.0. The van der Waals surface area contributed by atoms with Gasteiger partial charge >= 0.3 is 0 Å². The molecule has 2 unspecified atom stereocenters. The molecule has 0 bridgehead atoms. The van der Waals surface area contributed by atoms with Crippen LogP contribution in [0.3, 0.4) is 0 Å². The molecule has 0 amide bonds. The van der Waals surface area contributed by atoms with Gasteiger partial charge in [0.05, 0.1) is 0 Å². The van der Waals surface area contributed by atoms with E-state index in [-0.39, 0.29) is 5.54 Å². The van der Waals surface area contributed by atoms with Gasteiger partial charge in [-0.05, 0) is 30.4 Å². The second kappa shape index (κ2) is 3.11. The molecule has 1 aliphatic rings. The van der Waals surface area contributed by atoms with Crippen LogP contribution in [0.25, 0.3) is 0 Å². The zero-order valence-corrected chi connectivity index (χ0v) is 8.03. The number of rotatable bonds is 3. The second-order valence-corrected chi connectivity index (χ2v) is 3.97. The van der Waals surface area contributed by atoms with Crippen LogP contribution in [0.2, 0.25) is 0 Å². The van der Waals surface area contributed by atoms with Crippen LogP contribution in [-0.2, 0) is 5.54 Å². The molecule has 0 aliphatic heterocycles. The van der Waals surface area contributed by atoms with Crippen molar-refractivity contribution < 1.29 is 0 Å². The summed E-state index contributed by atoms with van der Waals surface area (Å²) < 4.78 is 0. The van der Waals surface area contributed by atoms with Gasteiger partial charge in [0.1, 0.15) is 0 Å². The van der Waals surface area contributed by atoms with Crippen molar-refractivity contribution in [3.63, 3.8) is 0 Å². The van der Waals surface area contributed by atoms with E-state index in [2.05, 4.69) is 18.0 Å². The lowest BCUT2D eigenvalue weighted by Gasteiger charge is -2.10. The molecule has 1 fully saturated rings. The smallest absolute Gasteiger partial charge is 0.0457 e. The molecule has 13 heavy (non-hydrogen) atoms. The number of aromatic nitrogens is 1. The summed E-state index contributed by atoms with van der Waals surface area (Å²) >= 11 is 0. The van der Waals surface area contributed by atoms with E-state index in [1.807, 2.05) is 12.3 Å². The fraction of sp³-hybridized carbons (Fsp3) is 0.545. The molecule has 1 aliphatic carbocycles. The Balaban J connectivity index is 2.11. The van der Waals surface area contributed by atoms with E-state index in [1.165, 1.54) is 18.4 Å². The van der Waals surface area contributed by atoms with Gasteiger partial charge in [0, 0.05) is 17.9 Å². The first-order valence-electron chi connectivity index (χ1n) is 4.96. The van der Waals surface area contributed by atoms with Gasteiger partial charge in [-0.1, -0.05) is 19.4 Å². The third kappa shape index (κ3) is 1.46. The number of nitrogens with zero attached hydrogens (tertiary/aromatic N) is 1. The van der Waals surface area contributed by atoms with Crippen LogP contribution in [0.5, 0.6) is 0 Å². The first-order valence-corrected chi connectivity index (χ1v) is 4.96. The molecule has 2 atom stereocenters. The van der Waals surface area contributed by atoms with Crippen molar-refractivity contribution in [2.75, 3.05) is 0 Å². The average molecular weight is 176 g/mol. The number of hydrogen-bond acceptors (Lipinski definition) is 2. The zero-order valence-electron chi connectivity index (χ0n) is 8.03. The molecule has 0 radical (unpaired) electrons. The number of nitrogens with two attached hydrogens (primary N) is 1. The quantitative estimate of drug-likeness (QED) is 0.765. The van der Waals surface area contributed by atoms with E-state index >= 15 is 0 Å². The fourth-order valence-corrected chi connectivity index (χ4v) is 2.05. The maximum atomic E-state index is 6.26. The van der Waals surface area contributed by atoms with E-state index in [4.69, 9.17) is 5.73 Å². The Kier molecular flexibility index (Phi) is 2.08. The predicted octanol–water partition coefficient (Wildman–Crippen LogP) is 2.06. The third-order valence-electron chi connectivity index (χ3n) is 2.99. The molecule has 0 spiro atoms. The summed E-state index contributed by atoms with van der Waals surface area (Å²) in [5.41, 5.74) is 7.41. The highest BCUT2D eigenvalue weighted by Crippen LogP contribution is 2.51. The van der Waals surface area contributed by atoms with E-state index in [0.29, 0.717) is 5.92 Å². The molecule has 2 heteroatoms. The molecule has 2 rings (SSSR count). The number of hydrogen-bond donors (Lipinski definition) is 1. The standard InChI is InChI=1S/C11H16N2/c1-2-4-9-7-11(9,12)10-5-3-6-13-8-10/h3,5-6,8-9H,2,4,7,12H2,1H3. The summed E-state index contributed by atoms with van der Waals surface area (Å²) in [6.07, 6.45) is 7.29. The van der Waals surface area contributed by atoms with Crippen molar-refractivity contribution in [2.45, 2.75) is 31.7 Å². The lowest BCUT2D eigenvalue weighted by molar-refractivity contribution is 0.582. The summed E-state index contributed by atoms with van der Waals surface area (Å²) in [6, 6.07) is 4.05. The van der Waals surface area contributed by atoms with Crippen molar-refractivity contribution >= 4 is 0 Å². The molecule has 70 valence electrons. The first-order chi connectivity index (χ1) is 6.27. The minimum absolute atomic E-state index is 0.0513. The highest BCUT2D eigenvalue weighted by molar-refractivity contribution is 5.28. The Labute approximate surface area is 79.2 Å². The Morgan fingerprint density at radius 2 is 2.54 bits per heavy atom. The van der Waals surface area contributed by atoms with Crippen molar-refractivity contribution in [1.82, 2.24) is 4.98 Å². The Morgan fingerprint density at radius 3 is 3.15 bits per heavy atom. The van der Waals surface area contributed by atoms with Gasteiger partial charge in [0.15, 0.2) is 0 Å². The largest absolute Gasteiger partial charge is 0.321 e. The van der Waals surface area contributed by atoms with Crippen molar-refractivity contribution in [1.29, 1.82) is 0 Å². The van der Waals surface area contributed by atoms with Gasteiger partial charge in [-0.25, -0.2) is 0 Å². The lowest BCUT2D eigenvalue weighted by Crippen LogP contribution is -2.22. The summed E-state index contributed by atoms with van der Waals surface area (Å²) in [5.74, 6) is 0.682. The minimum Gasteiger partial charge on any atom is -0.321 e. The van der Waals surface area contributed by atoms with Crippen LogP contribution in [-0.4, -0.2) is 4.98 Å². The average Bonchev–Trinajstić information content (AvgIpc) is 2.81. The van der Waals surface area contributed by atoms with Crippen molar-refractivity contribution in [3.8, 4) is 0 Å². The second-order valence-electron chi connectivity index (χ2n) is 3.97. The van der Waals surface area contributed by atoms with Gasteiger partial charge in [-0.2, -0.15) is 0 Å². The minimum atomic E-state index is -0.0513. The molecule has 0 aromatic carbocycles. The predicted molar refractivity (Wildman–Crippen MR) is 53.1 cm³/mol. The summed E-state index contributed by atoms with van der Waals surface area (Å²) in [5, 5.41) is 0. The van der Waals surface area contributed by atoms with Gasteiger partial charge in [0.25, 0.3) is 0 Å². The van der Waals surface area contributed by atoms with Crippen molar-refractivity contribution in [2.24, 2.45) is 11.7 Å². The molecule has 1 aromatic rings. The van der Waals surface area contributed by atoms with Crippen LogP contribution < -0.4 is 5.73 Å². The normalized spacial score (nSPS) is 31.7. The molecule has 2 nitrogen and oxygen atoms in total. The van der Waals surface area contributed by atoms with Crippen LogP contribution in [0.1, 0.15) is 31.7 Å². The molecule has 1 heterocycles. The summed E-state index contributed by atoms with van der Waals surface area (Å²) in [7, 11) is 0. The molecular weight excluding hydrogens is 160 g/mol. The Hall–Kier alpha value is -0.890. The van der Waals surface area contributed by atoms with Gasteiger partial charge in [-0.3, -0.25) is 4.98 Å². The van der Waals surface area contributed by atoms with Crippen LogP contribution >= 0.6 is 0 Å².